The van der Waals surface area contributed by atoms with E-state index in [4.69, 9.17) is 16.8 Å². The lowest BCUT2D eigenvalue weighted by molar-refractivity contribution is -0.130. The van der Waals surface area contributed by atoms with Crippen molar-refractivity contribution in [1.82, 2.24) is 14.9 Å². The molecular formula is C19H18ClN3O6S2. The topological polar surface area (TPSA) is 142 Å². The molecule has 3 aromatic rings. The Balaban J connectivity index is 1.86. The minimum absolute atomic E-state index is 0.0955. The van der Waals surface area contributed by atoms with Gasteiger partial charge in [-0.2, -0.15) is 4.72 Å². The van der Waals surface area contributed by atoms with Crippen LogP contribution in [0.3, 0.4) is 0 Å². The van der Waals surface area contributed by atoms with E-state index in [1.54, 1.807) is 36.4 Å². The first kappa shape index (κ1) is 23.1. The fourth-order valence-electron chi connectivity index (χ4n) is 2.84. The predicted molar refractivity (Wildman–Crippen MR) is 115 cm³/mol. The van der Waals surface area contributed by atoms with Crippen LogP contribution in [0.4, 0.5) is 0 Å². The Kier molecular flexibility index (Phi) is 6.94. The second kappa shape index (κ2) is 9.30. The fourth-order valence-corrected chi connectivity index (χ4v) is 5.43. The number of carbonyl (C=O) groups is 1. The third-order valence-electron chi connectivity index (χ3n) is 4.36. The van der Waals surface area contributed by atoms with Crippen molar-refractivity contribution in [2.45, 2.75) is 15.8 Å². The molecule has 3 rings (SSSR count). The number of hydroxylamine groups is 1. The van der Waals surface area contributed by atoms with Gasteiger partial charge >= 0.3 is 0 Å². The number of hydrogen-bond donors (Lipinski definition) is 4. The summed E-state index contributed by atoms with van der Waals surface area (Å²) in [4.78, 5) is 11.8. The van der Waals surface area contributed by atoms with Gasteiger partial charge in [-0.3, -0.25) is 10.0 Å². The van der Waals surface area contributed by atoms with Crippen LogP contribution in [0.2, 0.25) is 5.02 Å². The zero-order chi connectivity index (χ0) is 22.6. The molecule has 164 valence electrons. The quantitative estimate of drug-likeness (QED) is 0.283. The summed E-state index contributed by atoms with van der Waals surface area (Å²) in [7, 11) is -8.33. The Morgan fingerprint density at radius 2 is 1.55 bits per heavy atom. The van der Waals surface area contributed by atoms with Gasteiger partial charge in [0.1, 0.15) is 6.04 Å². The third-order valence-corrected chi connectivity index (χ3v) is 7.59. The second-order valence-electron chi connectivity index (χ2n) is 6.43. The van der Waals surface area contributed by atoms with Gasteiger partial charge < -0.3 is 0 Å². The summed E-state index contributed by atoms with van der Waals surface area (Å²) < 4.78 is 55.1. The number of hydrogen-bond acceptors (Lipinski definition) is 6. The Hall–Kier alpha value is -2.54. The lowest BCUT2D eigenvalue weighted by Gasteiger charge is -2.18. The van der Waals surface area contributed by atoms with Gasteiger partial charge in [0.2, 0.25) is 20.0 Å². The van der Waals surface area contributed by atoms with Crippen molar-refractivity contribution >= 4 is 48.3 Å². The molecule has 0 aliphatic carbocycles. The highest BCUT2D eigenvalue weighted by Crippen LogP contribution is 2.23. The molecule has 1 atom stereocenters. The van der Waals surface area contributed by atoms with Gasteiger partial charge in [-0.1, -0.05) is 48.0 Å². The Bertz CT molecular complexity index is 1310. The largest absolute Gasteiger partial charge is 0.289 e. The highest BCUT2D eigenvalue weighted by Gasteiger charge is 2.28. The first-order chi connectivity index (χ1) is 14.6. The average Bonchev–Trinajstić information content (AvgIpc) is 2.76. The molecule has 0 heterocycles. The summed E-state index contributed by atoms with van der Waals surface area (Å²) in [5, 5.41) is 10.4. The number of sulfonamides is 2. The number of rotatable bonds is 8. The zero-order valence-corrected chi connectivity index (χ0v) is 18.2. The third kappa shape index (κ3) is 5.39. The first-order valence-electron chi connectivity index (χ1n) is 8.83. The summed E-state index contributed by atoms with van der Waals surface area (Å²) in [5.41, 5.74) is 1.34. The maximum Gasteiger partial charge on any atom is 0.262 e. The summed E-state index contributed by atoms with van der Waals surface area (Å²) >= 11 is 5.75. The number of amides is 1. The van der Waals surface area contributed by atoms with Gasteiger partial charge in [-0.15, -0.1) is 0 Å². The molecule has 0 aromatic heterocycles. The molecule has 0 radical (unpaired) electrons. The lowest BCUT2D eigenvalue weighted by atomic mass is 10.1. The van der Waals surface area contributed by atoms with Crippen molar-refractivity contribution in [2.24, 2.45) is 0 Å². The summed E-state index contributed by atoms with van der Waals surface area (Å²) in [6.45, 7) is -0.651. The molecule has 0 spiro atoms. The highest BCUT2D eigenvalue weighted by molar-refractivity contribution is 7.90. The summed E-state index contributed by atoms with van der Waals surface area (Å²) in [6.07, 6.45) is 0. The van der Waals surface area contributed by atoms with Crippen molar-refractivity contribution in [3.63, 3.8) is 0 Å². The van der Waals surface area contributed by atoms with E-state index in [2.05, 4.69) is 9.44 Å². The highest BCUT2D eigenvalue weighted by atomic mass is 35.5. The van der Waals surface area contributed by atoms with Gasteiger partial charge in [0.05, 0.1) is 9.79 Å². The van der Waals surface area contributed by atoms with E-state index in [0.717, 1.165) is 0 Å². The fraction of sp³-hybridized carbons (Fsp3) is 0.105. The molecule has 12 heteroatoms. The van der Waals surface area contributed by atoms with Crippen LogP contribution in [-0.4, -0.2) is 40.5 Å². The smallest absolute Gasteiger partial charge is 0.262 e. The van der Waals surface area contributed by atoms with Gasteiger partial charge in [0.15, 0.2) is 0 Å². The van der Waals surface area contributed by atoms with E-state index in [1.807, 2.05) is 0 Å². The maximum absolute atomic E-state index is 12.9. The van der Waals surface area contributed by atoms with Gasteiger partial charge in [0, 0.05) is 17.0 Å². The zero-order valence-electron chi connectivity index (χ0n) is 15.8. The molecule has 0 bridgehead atoms. The molecule has 1 unspecified atom stereocenters. The predicted octanol–water partition coefficient (Wildman–Crippen LogP) is 1.62. The van der Waals surface area contributed by atoms with E-state index in [9.17, 15) is 21.6 Å². The number of carbonyl (C=O) groups excluding carboxylic acids is 1. The van der Waals surface area contributed by atoms with Gasteiger partial charge in [0.25, 0.3) is 5.91 Å². The van der Waals surface area contributed by atoms with Crippen LogP contribution in [0.1, 0.15) is 0 Å². The lowest BCUT2D eigenvalue weighted by Crippen LogP contribution is -2.51. The van der Waals surface area contributed by atoms with E-state index in [0.29, 0.717) is 15.8 Å². The van der Waals surface area contributed by atoms with Crippen LogP contribution < -0.4 is 14.9 Å². The normalized spacial score (nSPS) is 13.1. The minimum Gasteiger partial charge on any atom is -0.289 e. The maximum atomic E-state index is 12.9. The molecule has 0 saturated carbocycles. The van der Waals surface area contributed by atoms with Crippen LogP contribution in [0.25, 0.3) is 10.8 Å². The van der Waals surface area contributed by atoms with Crippen molar-refractivity contribution in [3.05, 3.63) is 71.8 Å². The molecule has 0 aliphatic rings. The Morgan fingerprint density at radius 3 is 2.23 bits per heavy atom. The van der Waals surface area contributed by atoms with Crippen LogP contribution >= 0.6 is 11.6 Å². The van der Waals surface area contributed by atoms with E-state index in [1.165, 1.54) is 35.8 Å². The average molecular weight is 484 g/mol. The van der Waals surface area contributed by atoms with Crippen LogP contribution in [-0.2, 0) is 24.8 Å². The first-order valence-corrected chi connectivity index (χ1v) is 12.2. The second-order valence-corrected chi connectivity index (χ2v) is 10.3. The molecule has 9 nitrogen and oxygen atoms in total. The standard InChI is InChI=1S/C19H18ClN3O6S2/c20-14-8-10-15(11-9-14)30(26,27)21-12-17(19(24)22-25)23-31(28,29)18-7-3-5-13-4-1-2-6-16(13)18/h1-11,17,21,23,25H,12H2,(H,22,24). The molecular weight excluding hydrogens is 466 g/mol. The van der Waals surface area contributed by atoms with E-state index < -0.39 is 38.5 Å². The number of halogens is 1. The van der Waals surface area contributed by atoms with Gasteiger partial charge in [-0.05, 0) is 35.7 Å². The molecule has 4 N–H and O–H groups in total. The van der Waals surface area contributed by atoms with E-state index in [-0.39, 0.29) is 9.79 Å². The van der Waals surface area contributed by atoms with Gasteiger partial charge in [-0.25, -0.2) is 27.0 Å². The van der Waals surface area contributed by atoms with Crippen molar-refractivity contribution in [3.8, 4) is 0 Å². The Morgan fingerprint density at radius 1 is 0.903 bits per heavy atom. The summed E-state index contributed by atoms with van der Waals surface area (Å²) in [5.74, 6) is -1.14. The molecule has 3 aromatic carbocycles. The number of benzene rings is 3. The SMILES string of the molecule is O=C(NO)C(CNS(=O)(=O)c1ccc(Cl)cc1)NS(=O)(=O)c1cccc2ccccc12. The van der Waals surface area contributed by atoms with Crippen molar-refractivity contribution < 1.29 is 26.8 Å². The molecule has 0 aliphatic heterocycles. The monoisotopic (exact) mass is 483 g/mol. The molecule has 31 heavy (non-hydrogen) atoms. The van der Waals surface area contributed by atoms with E-state index >= 15 is 0 Å². The van der Waals surface area contributed by atoms with Crippen LogP contribution in [0.5, 0.6) is 0 Å². The Labute approximate surface area is 184 Å². The van der Waals surface area contributed by atoms with Crippen molar-refractivity contribution in [2.75, 3.05) is 6.54 Å². The van der Waals surface area contributed by atoms with Crippen LogP contribution in [0.15, 0.2) is 76.5 Å². The number of nitrogens with one attached hydrogen (secondary N) is 3. The number of fused-ring (bicyclic) bond motifs is 1. The molecule has 0 fully saturated rings. The molecule has 0 saturated heterocycles. The minimum atomic E-state index is -4.25. The van der Waals surface area contributed by atoms with Crippen molar-refractivity contribution in [1.29, 1.82) is 0 Å². The molecule has 1 amide bonds. The summed E-state index contributed by atoms with van der Waals surface area (Å²) in [6, 6.07) is 15.0. The van der Waals surface area contributed by atoms with Crippen LogP contribution in [0, 0.1) is 0 Å².